The second-order valence-corrected chi connectivity index (χ2v) is 8.16. The van der Waals surface area contributed by atoms with Gasteiger partial charge in [0, 0.05) is 23.8 Å². The SMILES string of the molecule is Cc1[nH]ncc1C(=O)N1[C@H](Cc2ccccc2)C[C@H]2[C@H]1CCCCCN2C. The van der Waals surface area contributed by atoms with Crippen LogP contribution in [0.4, 0.5) is 0 Å². The number of hydrogen-bond donors (Lipinski definition) is 1. The molecule has 3 heterocycles. The lowest BCUT2D eigenvalue weighted by molar-refractivity contribution is 0.0603. The number of aryl methyl sites for hydroxylation is 1. The molecule has 0 bridgehead atoms. The van der Waals surface area contributed by atoms with Crippen molar-refractivity contribution < 1.29 is 4.79 Å². The Morgan fingerprint density at radius 3 is 2.74 bits per heavy atom. The molecule has 0 unspecified atom stereocenters. The fraction of sp³-hybridized carbons (Fsp3) is 0.545. The van der Waals surface area contributed by atoms with E-state index in [1.54, 1.807) is 6.20 Å². The topological polar surface area (TPSA) is 52.2 Å². The highest BCUT2D eigenvalue weighted by Crippen LogP contribution is 2.35. The second kappa shape index (κ2) is 7.85. The van der Waals surface area contributed by atoms with Crippen LogP contribution in [0.15, 0.2) is 36.5 Å². The highest BCUT2D eigenvalue weighted by atomic mass is 16.2. The van der Waals surface area contributed by atoms with Gasteiger partial charge in [-0.15, -0.1) is 0 Å². The zero-order valence-corrected chi connectivity index (χ0v) is 16.4. The van der Waals surface area contributed by atoms with Crippen LogP contribution in [0.1, 0.15) is 53.7 Å². The molecule has 27 heavy (non-hydrogen) atoms. The molecule has 0 aliphatic carbocycles. The highest BCUT2D eigenvalue weighted by molar-refractivity contribution is 5.95. The van der Waals surface area contributed by atoms with Crippen LogP contribution in [0.25, 0.3) is 0 Å². The van der Waals surface area contributed by atoms with Crippen LogP contribution < -0.4 is 0 Å². The third-order valence-corrected chi connectivity index (χ3v) is 6.39. The van der Waals surface area contributed by atoms with Crippen LogP contribution >= 0.6 is 0 Å². The van der Waals surface area contributed by atoms with Gasteiger partial charge in [-0.1, -0.05) is 43.2 Å². The number of H-pyrrole nitrogens is 1. The van der Waals surface area contributed by atoms with Crippen LogP contribution in [-0.4, -0.2) is 57.6 Å². The van der Waals surface area contributed by atoms with E-state index in [4.69, 9.17) is 0 Å². The number of hydrogen-bond acceptors (Lipinski definition) is 3. The lowest BCUT2D eigenvalue weighted by Gasteiger charge is -2.36. The summed E-state index contributed by atoms with van der Waals surface area (Å²) in [6, 6.07) is 11.6. The summed E-state index contributed by atoms with van der Waals surface area (Å²) >= 11 is 0. The van der Waals surface area contributed by atoms with Crippen molar-refractivity contribution in [2.45, 2.75) is 63.6 Å². The first-order chi connectivity index (χ1) is 13.1. The number of aromatic amines is 1. The number of likely N-dealkylation sites (N-methyl/N-ethyl adjacent to an activating group) is 1. The number of fused-ring (bicyclic) bond motifs is 1. The maximum absolute atomic E-state index is 13.5. The molecule has 3 atom stereocenters. The number of carbonyl (C=O) groups excluding carboxylic acids is 1. The van der Waals surface area contributed by atoms with Crippen LogP contribution in [0, 0.1) is 6.92 Å². The molecule has 2 aliphatic heterocycles. The summed E-state index contributed by atoms with van der Waals surface area (Å²) in [5.74, 6) is 0.142. The standard InChI is InChI=1S/C22H30N4O/c1-16-19(15-23-24-16)22(27)26-18(13-17-9-5-3-6-10-17)14-21-20(26)11-7-4-8-12-25(21)2/h3,5-6,9-10,15,18,20-21H,4,7-8,11-14H2,1-2H3,(H,23,24)/t18-,20-,21+/m1/s1. The van der Waals surface area contributed by atoms with Gasteiger partial charge < -0.3 is 9.80 Å². The number of carbonyl (C=O) groups is 1. The van der Waals surface area contributed by atoms with Gasteiger partial charge in [0.2, 0.25) is 0 Å². The summed E-state index contributed by atoms with van der Waals surface area (Å²) in [7, 11) is 2.24. The summed E-state index contributed by atoms with van der Waals surface area (Å²) in [5.41, 5.74) is 2.89. The number of rotatable bonds is 3. The van der Waals surface area contributed by atoms with Crippen molar-refractivity contribution in [3.05, 3.63) is 53.3 Å². The van der Waals surface area contributed by atoms with Crippen molar-refractivity contribution in [1.82, 2.24) is 20.0 Å². The monoisotopic (exact) mass is 366 g/mol. The molecule has 1 N–H and O–H groups in total. The average molecular weight is 367 g/mol. The van der Waals surface area contributed by atoms with Crippen molar-refractivity contribution in [2.24, 2.45) is 0 Å². The van der Waals surface area contributed by atoms with Gasteiger partial charge in [0.25, 0.3) is 5.91 Å². The molecule has 144 valence electrons. The number of likely N-dealkylation sites (tertiary alicyclic amines) is 2. The minimum atomic E-state index is 0.142. The highest BCUT2D eigenvalue weighted by Gasteiger charge is 2.45. The summed E-state index contributed by atoms with van der Waals surface area (Å²) in [4.78, 5) is 18.2. The first-order valence-corrected chi connectivity index (χ1v) is 10.2. The molecular formula is C22H30N4O. The average Bonchev–Trinajstić information content (AvgIpc) is 3.24. The van der Waals surface area contributed by atoms with Crippen molar-refractivity contribution in [3.63, 3.8) is 0 Å². The van der Waals surface area contributed by atoms with Crippen molar-refractivity contribution in [2.75, 3.05) is 13.6 Å². The Kier molecular flexibility index (Phi) is 5.30. The number of nitrogens with one attached hydrogen (secondary N) is 1. The molecule has 2 fully saturated rings. The molecule has 2 aromatic rings. The Morgan fingerprint density at radius 2 is 2.00 bits per heavy atom. The first kappa shape index (κ1) is 18.2. The van der Waals surface area contributed by atoms with E-state index >= 15 is 0 Å². The summed E-state index contributed by atoms with van der Waals surface area (Å²) in [6.45, 7) is 3.07. The van der Waals surface area contributed by atoms with E-state index in [-0.39, 0.29) is 11.9 Å². The van der Waals surface area contributed by atoms with E-state index in [0.717, 1.165) is 37.1 Å². The molecular weight excluding hydrogens is 336 g/mol. The molecule has 1 aromatic carbocycles. The van der Waals surface area contributed by atoms with Crippen LogP contribution in [-0.2, 0) is 6.42 Å². The van der Waals surface area contributed by atoms with Gasteiger partial charge in [-0.2, -0.15) is 5.10 Å². The van der Waals surface area contributed by atoms with Crippen molar-refractivity contribution >= 4 is 5.91 Å². The van der Waals surface area contributed by atoms with E-state index in [2.05, 4.69) is 57.4 Å². The minimum Gasteiger partial charge on any atom is -0.331 e. The Morgan fingerprint density at radius 1 is 1.19 bits per heavy atom. The van der Waals surface area contributed by atoms with Crippen molar-refractivity contribution in [1.29, 1.82) is 0 Å². The Bertz CT molecular complexity index is 772. The quantitative estimate of drug-likeness (QED) is 0.906. The van der Waals surface area contributed by atoms with Gasteiger partial charge >= 0.3 is 0 Å². The van der Waals surface area contributed by atoms with Crippen LogP contribution in [0.2, 0.25) is 0 Å². The third kappa shape index (κ3) is 3.65. The summed E-state index contributed by atoms with van der Waals surface area (Å²) in [5, 5.41) is 7.03. The minimum absolute atomic E-state index is 0.142. The van der Waals surface area contributed by atoms with E-state index in [1.165, 1.54) is 24.8 Å². The summed E-state index contributed by atoms with van der Waals surface area (Å²) < 4.78 is 0. The van der Waals surface area contributed by atoms with Gasteiger partial charge in [-0.05, 0) is 51.8 Å². The van der Waals surface area contributed by atoms with Gasteiger partial charge in [0.15, 0.2) is 0 Å². The first-order valence-electron chi connectivity index (χ1n) is 10.2. The van der Waals surface area contributed by atoms with E-state index in [9.17, 15) is 4.79 Å². The zero-order chi connectivity index (χ0) is 18.8. The third-order valence-electron chi connectivity index (χ3n) is 6.39. The molecule has 0 radical (unpaired) electrons. The molecule has 1 amide bonds. The van der Waals surface area contributed by atoms with Gasteiger partial charge in [0.1, 0.15) is 0 Å². The Hall–Kier alpha value is -2.14. The maximum Gasteiger partial charge on any atom is 0.257 e. The number of benzene rings is 1. The fourth-order valence-electron chi connectivity index (χ4n) is 4.96. The summed E-state index contributed by atoms with van der Waals surface area (Å²) in [6.07, 6.45) is 8.49. The Labute approximate surface area is 161 Å². The molecule has 1 aromatic heterocycles. The van der Waals surface area contributed by atoms with Crippen molar-refractivity contribution in [3.8, 4) is 0 Å². The second-order valence-electron chi connectivity index (χ2n) is 8.16. The lowest BCUT2D eigenvalue weighted by atomic mass is 9.96. The van der Waals surface area contributed by atoms with E-state index in [0.29, 0.717) is 12.1 Å². The van der Waals surface area contributed by atoms with Crippen LogP contribution in [0.5, 0.6) is 0 Å². The number of amides is 1. The predicted molar refractivity (Wildman–Crippen MR) is 107 cm³/mol. The number of nitrogens with zero attached hydrogens (tertiary/aromatic N) is 3. The molecule has 0 saturated carbocycles. The predicted octanol–water partition coefficient (Wildman–Crippen LogP) is 3.42. The maximum atomic E-state index is 13.5. The van der Waals surface area contributed by atoms with Gasteiger partial charge in [0.05, 0.1) is 11.8 Å². The molecule has 2 saturated heterocycles. The smallest absolute Gasteiger partial charge is 0.257 e. The molecule has 5 nitrogen and oxygen atoms in total. The normalized spacial score (nSPS) is 26.4. The van der Waals surface area contributed by atoms with Crippen LogP contribution in [0.3, 0.4) is 0 Å². The fourth-order valence-corrected chi connectivity index (χ4v) is 4.96. The zero-order valence-electron chi connectivity index (χ0n) is 16.4. The lowest BCUT2D eigenvalue weighted by Crippen LogP contribution is -2.48. The van der Waals surface area contributed by atoms with Gasteiger partial charge in [-0.3, -0.25) is 9.89 Å². The molecule has 4 rings (SSSR count). The van der Waals surface area contributed by atoms with E-state index in [1.807, 2.05) is 6.92 Å². The Balaban J connectivity index is 1.66. The van der Waals surface area contributed by atoms with E-state index < -0.39 is 0 Å². The largest absolute Gasteiger partial charge is 0.331 e. The molecule has 2 aliphatic rings. The number of aromatic nitrogens is 2. The molecule has 0 spiro atoms. The molecule has 5 heteroatoms. The van der Waals surface area contributed by atoms with Gasteiger partial charge in [-0.25, -0.2) is 0 Å².